The molecule has 0 amide bonds. The number of ketones is 1. The minimum Gasteiger partial charge on any atom is -0.489 e. The van der Waals surface area contributed by atoms with Gasteiger partial charge in [-0.2, -0.15) is 0 Å². The Labute approximate surface area is 128 Å². The molecule has 0 saturated heterocycles. The zero-order chi connectivity index (χ0) is 15.1. The predicted molar refractivity (Wildman–Crippen MR) is 81.8 cm³/mol. The number of fused-ring (bicyclic) bond motifs is 1. The molecule has 2 aliphatic rings. The fourth-order valence-corrected chi connectivity index (χ4v) is 3.03. The van der Waals surface area contributed by atoms with Crippen LogP contribution in [0, 0.1) is 5.82 Å². The van der Waals surface area contributed by atoms with Gasteiger partial charge in [0.25, 0.3) is 0 Å². The zero-order valence-corrected chi connectivity index (χ0v) is 12.3. The number of hydrogen-bond donors (Lipinski definition) is 0. The van der Waals surface area contributed by atoms with Crippen LogP contribution in [0.15, 0.2) is 36.4 Å². The first-order chi connectivity index (χ1) is 10.7. The summed E-state index contributed by atoms with van der Waals surface area (Å²) in [6, 6.07) is 11.0. The molecule has 0 heterocycles. The van der Waals surface area contributed by atoms with Gasteiger partial charge in [-0.25, -0.2) is 4.39 Å². The van der Waals surface area contributed by atoms with Crippen molar-refractivity contribution in [3.8, 4) is 5.75 Å². The van der Waals surface area contributed by atoms with Gasteiger partial charge in [0.15, 0.2) is 5.78 Å². The number of rotatable bonds is 4. The van der Waals surface area contributed by atoms with E-state index in [4.69, 9.17) is 4.74 Å². The summed E-state index contributed by atoms with van der Waals surface area (Å²) in [7, 11) is 0. The van der Waals surface area contributed by atoms with Gasteiger partial charge in [-0.1, -0.05) is 12.1 Å². The first kappa shape index (κ1) is 13.5. The lowest BCUT2D eigenvalue weighted by atomic mass is 10.1. The molecule has 0 aromatic heterocycles. The summed E-state index contributed by atoms with van der Waals surface area (Å²) in [5.74, 6) is 1.25. The van der Waals surface area contributed by atoms with Gasteiger partial charge in [-0.15, -0.1) is 0 Å². The minimum absolute atomic E-state index is 0.194. The number of carbonyl (C=O) groups is 1. The second-order valence-corrected chi connectivity index (χ2v) is 6.16. The molecule has 0 unspecified atom stereocenters. The molecule has 2 aromatic rings. The largest absolute Gasteiger partial charge is 0.489 e. The first-order valence-electron chi connectivity index (χ1n) is 7.78. The van der Waals surface area contributed by atoms with Crippen molar-refractivity contribution >= 4 is 5.78 Å². The van der Waals surface area contributed by atoms with Crippen molar-refractivity contribution in [2.75, 3.05) is 0 Å². The number of ether oxygens (including phenoxy) is 1. The second kappa shape index (κ2) is 5.24. The highest BCUT2D eigenvalue weighted by molar-refractivity contribution is 6.00. The lowest BCUT2D eigenvalue weighted by Gasteiger charge is -2.09. The number of carbonyl (C=O) groups excluding carboxylic acids is 1. The highest BCUT2D eigenvalue weighted by atomic mass is 19.1. The summed E-state index contributed by atoms with van der Waals surface area (Å²) in [4.78, 5) is 11.6. The van der Waals surface area contributed by atoms with Crippen molar-refractivity contribution < 1.29 is 13.9 Å². The molecule has 2 nitrogen and oxygen atoms in total. The molecule has 0 atom stereocenters. The van der Waals surface area contributed by atoms with Crippen molar-refractivity contribution in [2.24, 2.45) is 0 Å². The third-order valence-corrected chi connectivity index (χ3v) is 4.52. The lowest BCUT2D eigenvalue weighted by molar-refractivity contribution is 0.0994. The summed E-state index contributed by atoms with van der Waals surface area (Å²) in [5, 5.41) is 0. The quantitative estimate of drug-likeness (QED) is 0.835. The van der Waals surface area contributed by atoms with Gasteiger partial charge >= 0.3 is 0 Å². The third kappa shape index (κ3) is 2.52. The Bertz CT molecular complexity index is 747. The Hall–Kier alpha value is -2.16. The molecule has 2 aromatic carbocycles. The maximum atomic E-state index is 14.1. The van der Waals surface area contributed by atoms with Crippen LogP contribution < -0.4 is 4.74 Å². The van der Waals surface area contributed by atoms with Crippen LogP contribution in [0.5, 0.6) is 5.75 Å². The van der Waals surface area contributed by atoms with Crippen LogP contribution >= 0.6 is 0 Å². The molecule has 0 N–H and O–H groups in total. The molecule has 3 heteroatoms. The van der Waals surface area contributed by atoms with E-state index in [0.29, 0.717) is 23.7 Å². The number of hydrogen-bond acceptors (Lipinski definition) is 2. The fourth-order valence-electron chi connectivity index (χ4n) is 3.03. The van der Waals surface area contributed by atoms with Gasteiger partial charge in [0.1, 0.15) is 18.2 Å². The van der Waals surface area contributed by atoms with Crippen molar-refractivity contribution in [3.63, 3.8) is 0 Å². The van der Waals surface area contributed by atoms with Crippen LogP contribution in [0.4, 0.5) is 4.39 Å². The van der Waals surface area contributed by atoms with Crippen LogP contribution in [0.25, 0.3) is 0 Å². The number of benzene rings is 2. The van der Waals surface area contributed by atoms with E-state index in [1.807, 2.05) is 24.3 Å². The van der Waals surface area contributed by atoms with Crippen molar-refractivity contribution in [1.82, 2.24) is 0 Å². The van der Waals surface area contributed by atoms with Gasteiger partial charge in [0.2, 0.25) is 0 Å². The lowest BCUT2D eigenvalue weighted by Crippen LogP contribution is -2.00. The maximum absolute atomic E-state index is 14.1. The van der Waals surface area contributed by atoms with Crippen molar-refractivity contribution in [1.29, 1.82) is 0 Å². The number of aryl methyl sites for hydroxylation is 1. The SMILES string of the molecule is O=C1CCc2cc(OCc3ccc(C4CC4)cc3F)ccc21. The van der Waals surface area contributed by atoms with E-state index in [1.165, 1.54) is 12.8 Å². The Kier molecular flexibility index (Phi) is 3.21. The minimum atomic E-state index is -0.194. The van der Waals surface area contributed by atoms with Crippen LogP contribution in [-0.4, -0.2) is 5.78 Å². The average Bonchev–Trinajstić information content (AvgIpc) is 3.31. The molecule has 2 aliphatic carbocycles. The molecule has 0 radical (unpaired) electrons. The van der Waals surface area contributed by atoms with E-state index in [2.05, 4.69) is 0 Å². The smallest absolute Gasteiger partial charge is 0.163 e. The predicted octanol–water partition coefficient (Wildman–Crippen LogP) is 4.41. The van der Waals surface area contributed by atoms with Crippen LogP contribution in [0.1, 0.15) is 52.2 Å². The van der Waals surface area contributed by atoms with E-state index in [1.54, 1.807) is 12.1 Å². The number of halogens is 1. The zero-order valence-electron chi connectivity index (χ0n) is 12.3. The topological polar surface area (TPSA) is 26.3 Å². The van der Waals surface area contributed by atoms with Crippen LogP contribution in [0.2, 0.25) is 0 Å². The average molecular weight is 296 g/mol. The summed E-state index contributed by atoms with van der Waals surface area (Å²) >= 11 is 0. The molecule has 4 rings (SSSR count). The molecule has 1 fully saturated rings. The van der Waals surface area contributed by atoms with Gasteiger partial charge in [-0.3, -0.25) is 4.79 Å². The fraction of sp³-hybridized carbons (Fsp3) is 0.316. The molecule has 112 valence electrons. The van der Waals surface area contributed by atoms with E-state index >= 15 is 0 Å². The van der Waals surface area contributed by atoms with Crippen LogP contribution in [-0.2, 0) is 13.0 Å². The summed E-state index contributed by atoms with van der Waals surface area (Å²) in [6.45, 7) is 0.212. The Morgan fingerprint density at radius 3 is 2.73 bits per heavy atom. The molecule has 0 bridgehead atoms. The molecule has 22 heavy (non-hydrogen) atoms. The van der Waals surface area contributed by atoms with Gasteiger partial charge in [0, 0.05) is 17.5 Å². The van der Waals surface area contributed by atoms with Crippen molar-refractivity contribution in [3.05, 3.63) is 64.5 Å². The summed E-state index contributed by atoms with van der Waals surface area (Å²) < 4.78 is 19.8. The first-order valence-corrected chi connectivity index (χ1v) is 7.78. The highest BCUT2D eigenvalue weighted by Gasteiger charge is 2.24. The van der Waals surface area contributed by atoms with E-state index in [-0.39, 0.29) is 18.2 Å². The molecule has 1 saturated carbocycles. The Morgan fingerprint density at radius 1 is 1.09 bits per heavy atom. The maximum Gasteiger partial charge on any atom is 0.163 e. The van der Waals surface area contributed by atoms with Gasteiger partial charge in [-0.05, 0) is 60.6 Å². The Morgan fingerprint density at radius 2 is 1.95 bits per heavy atom. The van der Waals surface area contributed by atoms with Crippen LogP contribution in [0.3, 0.4) is 0 Å². The summed E-state index contributed by atoms with van der Waals surface area (Å²) in [5.41, 5.74) is 3.50. The highest BCUT2D eigenvalue weighted by Crippen LogP contribution is 2.40. The second-order valence-electron chi connectivity index (χ2n) is 6.16. The normalized spacial score (nSPS) is 16.7. The monoisotopic (exact) mass is 296 g/mol. The van der Waals surface area contributed by atoms with E-state index < -0.39 is 0 Å². The number of Topliss-reactive ketones (excluding diaryl/α,β-unsaturated/α-hetero) is 1. The molecule has 0 aliphatic heterocycles. The standard InChI is InChI=1S/C19H17FO2/c20-18-10-13(12-1-2-12)3-4-15(18)11-22-16-6-7-17-14(9-16)5-8-19(17)21/h3-4,6-7,9-10,12H,1-2,5,8,11H2. The molecule has 0 spiro atoms. The Balaban J connectivity index is 1.47. The van der Waals surface area contributed by atoms with E-state index in [9.17, 15) is 9.18 Å². The van der Waals surface area contributed by atoms with Gasteiger partial charge in [0.05, 0.1) is 0 Å². The molecular formula is C19H17FO2. The summed E-state index contributed by atoms with van der Waals surface area (Å²) in [6.07, 6.45) is 3.69. The third-order valence-electron chi connectivity index (χ3n) is 4.52. The van der Waals surface area contributed by atoms with Gasteiger partial charge < -0.3 is 4.74 Å². The molecular weight excluding hydrogens is 279 g/mol. The van der Waals surface area contributed by atoms with Crippen molar-refractivity contribution in [2.45, 2.75) is 38.2 Å². The van der Waals surface area contributed by atoms with E-state index in [0.717, 1.165) is 23.1 Å².